The van der Waals surface area contributed by atoms with Gasteiger partial charge in [0.05, 0.1) is 4.92 Å². The van der Waals surface area contributed by atoms with Gasteiger partial charge >= 0.3 is 0 Å². The van der Waals surface area contributed by atoms with Crippen molar-refractivity contribution in [1.82, 2.24) is 0 Å². The molecule has 0 radical (unpaired) electrons. The van der Waals surface area contributed by atoms with Crippen LogP contribution in [0.2, 0.25) is 0 Å². The van der Waals surface area contributed by atoms with Gasteiger partial charge in [0.25, 0.3) is 5.69 Å². The van der Waals surface area contributed by atoms with Gasteiger partial charge in [-0.2, -0.15) is 0 Å². The van der Waals surface area contributed by atoms with Gasteiger partial charge in [-0.15, -0.1) is 0 Å². The second-order valence-corrected chi connectivity index (χ2v) is 5.43. The van der Waals surface area contributed by atoms with E-state index in [4.69, 9.17) is 5.73 Å². The molecule has 0 fully saturated rings. The zero-order valence-electron chi connectivity index (χ0n) is 10.7. The van der Waals surface area contributed by atoms with E-state index in [1.165, 1.54) is 24.3 Å². The number of nitrogens with zero attached hydrogens (tertiary/aromatic N) is 1. The lowest BCUT2D eigenvalue weighted by Gasteiger charge is -2.14. The molecule has 2 aromatic carbocycles. The number of hydrogen-bond acceptors (Lipinski definition) is 3. The molecule has 7 heteroatoms. The maximum absolute atomic E-state index is 13.8. The Morgan fingerprint density at radius 1 is 1.19 bits per heavy atom. The summed E-state index contributed by atoms with van der Waals surface area (Å²) in [6.07, 6.45) is 0.174. The number of non-ortho nitro benzene ring substituents is 1. The Hall–Kier alpha value is -1.86. The fraction of sp³-hybridized carbons (Fsp3) is 0.143. The first-order valence-corrected chi connectivity index (χ1v) is 6.81. The molecular formula is C14H11BrF2N2O2. The summed E-state index contributed by atoms with van der Waals surface area (Å²) in [6, 6.07) is 7.12. The van der Waals surface area contributed by atoms with Gasteiger partial charge in [0.1, 0.15) is 11.6 Å². The van der Waals surface area contributed by atoms with Crippen molar-refractivity contribution in [3.05, 3.63) is 73.7 Å². The van der Waals surface area contributed by atoms with Crippen molar-refractivity contribution in [3.63, 3.8) is 0 Å². The van der Waals surface area contributed by atoms with Crippen molar-refractivity contribution in [3.8, 4) is 0 Å². The number of nitro groups is 1. The predicted octanol–water partition coefficient (Wildman–Crippen LogP) is 3.88. The van der Waals surface area contributed by atoms with Crippen molar-refractivity contribution in [1.29, 1.82) is 0 Å². The molecule has 1 unspecified atom stereocenters. The summed E-state index contributed by atoms with van der Waals surface area (Å²) in [4.78, 5) is 10.0. The molecule has 0 spiro atoms. The highest BCUT2D eigenvalue weighted by Gasteiger charge is 2.18. The summed E-state index contributed by atoms with van der Waals surface area (Å²) in [7, 11) is 0. The molecule has 2 rings (SSSR count). The van der Waals surface area contributed by atoms with Crippen LogP contribution in [0, 0.1) is 21.7 Å². The molecule has 0 aromatic heterocycles. The lowest BCUT2D eigenvalue weighted by molar-refractivity contribution is -0.384. The molecule has 1 atom stereocenters. The van der Waals surface area contributed by atoms with Crippen molar-refractivity contribution in [2.45, 2.75) is 12.5 Å². The SMILES string of the molecule is NC(Cc1ccc([N+](=O)[O-])cc1)c1c(F)cc(Br)cc1F. The predicted molar refractivity (Wildman–Crippen MR) is 77.8 cm³/mol. The summed E-state index contributed by atoms with van der Waals surface area (Å²) in [5, 5.41) is 10.6. The van der Waals surface area contributed by atoms with Crippen LogP contribution in [0.25, 0.3) is 0 Å². The van der Waals surface area contributed by atoms with E-state index in [-0.39, 0.29) is 17.7 Å². The number of nitro benzene ring substituents is 1. The molecular weight excluding hydrogens is 346 g/mol. The van der Waals surface area contributed by atoms with Crippen LogP contribution in [0.4, 0.5) is 14.5 Å². The van der Waals surface area contributed by atoms with Crippen molar-refractivity contribution in [2.75, 3.05) is 0 Å². The first kappa shape index (κ1) is 15.5. The minimum Gasteiger partial charge on any atom is -0.323 e. The topological polar surface area (TPSA) is 69.2 Å². The highest BCUT2D eigenvalue weighted by atomic mass is 79.9. The summed E-state index contributed by atoms with van der Waals surface area (Å²) in [6.45, 7) is 0. The van der Waals surface area contributed by atoms with Crippen molar-refractivity contribution >= 4 is 21.6 Å². The van der Waals surface area contributed by atoms with E-state index in [2.05, 4.69) is 15.9 Å². The number of rotatable bonds is 4. The first-order valence-electron chi connectivity index (χ1n) is 6.02. The third-order valence-electron chi connectivity index (χ3n) is 3.02. The zero-order valence-corrected chi connectivity index (χ0v) is 12.3. The fourth-order valence-electron chi connectivity index (χ4n) is 2.02. The van der Waals surface area contributed by atoms with Gasteiger partial charge in [-0.25, -0.2) is 8.78 Å². The van der Waals surface area contributed by atoms with Crippen LogP contribution in [0.15, 0.2) is 40.9 Å². The monoisotopic (exact) mass is 356 g/mol. The Balaban J connectivity index is 2.22. The smallest absolute Gasteiger partial charge is 0.269 e. The molecule has 110 valence electrons. The summed E-state index contributed by atoms with van der Waals surface area (Å²) in [5.41, 5.74) is 6.26. The molecule has 0 aliphatic carbocycles. The van der Waals surface area contributed by atoms with Crippen LogP contribution >= 0.6 is 15.9 Å². The first-order chi connectivity index (χ1) is 9.88. The van der Waals surface area contributed by atoms with E-state index >= 15 is 0 Å². The molecule has 0 saturated heterocycles. The Morgan fingerprint density at radius 2 is 1.71 bits per heavy atom. The molecule has 2 aromatic rings. The normalized spacial score (nSPS) is 12.2. The van der Waals surface area contributed by atoms with E-state index in [0.29, 0.717) is 10.0 Å². The summed E-state index contributed by atoms with van der Waals surface area (Å²) >= 11 is 3.00. The largest absolute Gasteiger partial charge is 0.323 e. The van der Waals surface area contributed by atoms with Gasteiger partial charge in [0.15, 0.2) is 0 Å². The fourth-order valence-corrected chi connectivity index (χ4v) is 2.42. The second-order valence-electron chi connectivity index (χ2n) is 4.52. The Bertz CT molecular complexity index is 654. The van der Waals surface area contributed by atoms with E-state index in [0.717, 1.165) is 12.1 Å². The molecule has 4 nitrogen and oxygen atoms in total. The molecule has 21 heavy (non-hydrogen) atoms. The average molecular weight is 357 g/mol. The molecule has 0 bridgehead atoms. The molecule has 0 aliphatic rings. The van der Waals surface area contributed by atoms with Gasteiger partial charge < -0.3 is 5.73 Å². The maximum atomic E-state index is 13.8. The van der Waals surface area contributed by atoms with E-state index < -0.39 is 22.6 Å². The van der Waals surface area contributed by atoms with E-state index in [1.807, 2.05) is 0 Å². The third-order valence-corrected chi connectivity index (χ3v) is 3.48. The Morgan fingerprint density at radius 3 is 2.19 bits per heavy atom. The van der Waals surface area contributed by atoms with Crippen LogP contribution < -0.4 is 5.73 Å². The number of nitrogens with two attached hydrogens (primary N) is 1. The number of hydrogen-bond donors (Lipinski definition) is 1. The molecule has 0 heterocycles. The van der Waals surface area contributed by atoms with E-state index in [9.17, 15) is 18.9 Å². The van der Waals surface area contributed by atoms with Gasteiger partial charge in [0.2, 0.25) is 0 Å². The number of halogens is 3. The maximum Gasteiger partial charge on any atom is 0.269 e. The minimum absolute atomic E-state index is 0.0478. The highest BCUT2D eigenvalue weighted by Crippen LogP contribution is 2.26. The quantitative estimate of drug-likeness (QED) is 0.667. The lowest BCUT2D eigenvalue weighted by Crippen LogP contribution is -2.17. The summed E-state index contributed by atoms with van der Waals surface area (Å²) in [5.74, 6) is -1.45. The van der Waals surface area contributed by atoms with Gasteiger partial charge in [-0.3, -0.25) is 10.1 Å². The molecule has 0 aliphatic heterocycles. The second kappa shape index (κ2) is 6.28. The highest BCUT2D eigenvalue weighted by molar-refractivity contribution is 9.10. The Labute approximate surface area is 127 Å². The van der Waals surface area contributed by atoms with Crippen molar-refractivity contribution in [2.24, 2.45) is 5.73 Å². The Kier molecular flexibility index (Phi) is 4.64. The minimum atomic E-state index is -0.875. The molecule has 0 amide bonds. The van der Waals surface area contributed by atoms with Crippen molar-refractivity contribution < 1.29 is 13.7 Å². The molecule has 0 saturated carbocycles. The van der Waals surface area contributed by atoms with Gasteiger partial charge in [-0.05, 0) is 24.1 Å². The van der Waals surface area contributed by atoms with Crippen LogP contribution in [-0.2, 0) is 6.42 Å². The van der Waals surface area contributed by atoms with Crippen LogP contribution in [0.5, 0.6) is 0 Å². The number of benzene rings is 2. The average Bonchev–Trinajstić information content (AvgIpc) is 2.37. The third kappa shape index (κ3) is 3.62. The van der Waals surface area contributed by atoms with Gasteiger partial charge in [-0.1, -0.05) is 28.1 Å². The standard InChI is InChI=1S/C14H11BrF2N2O2/c15-9-6-11(16)14(12(17)7-9)13(18)5-8-1-3-10(4-2-8)19(20)21/h1-4,6-7,13H,5,18H2. The van der Waals surface area contributed by atoms with Crippen LogP contribution in [-0.4, -0.2) is 4.92 Å². The zero-order chi connectivity index (χ0) is 15.6. The van der Waals surface area contributed by atoms with Gasteiger partial charge in [0, 0.05) is 28.2 Å². The van der Waals surface area contributed by atoms with E-state index in [1.54, 1.807) is 0 Å². The van der Waals surface area contributed by atoms with Crippen LogP contribution in [0.3, 0.4) is 0 Å². The molecule has 2 N–H and O–H groups in total. The summed E-state index contributed by atoms with van der Waals surface area (Å²) < 4.78 is 27.9. The van der Waals surface area contributed by atoms with Crippen LogP contribution in [0.1, 0.15) is 17.2 Å². The lowest BCUT2D eigenvalue weighted by atomic mass is 9.98.